The van der Waals surface area contributed by atoms with Crippen LogP contribution >= 0.6 is 0 Å². The smallest absolute Gasteiger partial charge is 0.336 e. The highest BCUT2D eigenvalue weighted by molar-refractivity contribution is 5.95. The second-order valence-corrected chi connectivity index (χ2v) is 4.02. The molecule has 0 unspecified atom stereocenters. The predicted octanol–water partition coefficient (Wildman–Crippen LogP) is 2.61. The number of carbonyl (C=O) groups excluding carboxylic acids is 1. The highest BCUT2D eigenvalue weighted by Crippen LogP contribution is 2.18. The van der Waals surface area contributed by atoms with Gasteiger partial charge in [0, 0.05) is 12.2 Å². The molecule has 18 heavy (non-hydrogen) atoms. The summed E-state index contributed by atoms with van der Waals surface area (Å²) in [7, 11) is 0. The Morgan fingerprint density at radius 2 is 2.06 bits per heavy atom. The van der Waals surface area contributed by atoms with E-state index in [1.165, 1.54) is 6.07 Å². The molecule has 0 aliphatic heterocycles. The highest BCUT2D eigenvalue weighted by atomic mass is 16.4. The van der Waals surface area contributed by atoms with E-state index < -0.39 is 5.97 Å². The number of carboxylic acid groups (broad SMARTS) is 1. The Kier molecular flexibility index (Phi) is 5.17. The fraction of sp³-hybridized carbons (Fsp3) is 0.385. The molecule has 98 valence electrons. The Morgan fingerprint density at radius 3 is 2.67 bits per heavy atom. The summed E-state index contributed by atoms with van der Waals surface area (Å²) in [6.45, 7) is 4.32. The average molecular weight is 250 g/mol. The molecule has 5 heteroatoms. The van der Waals surface area contributed by atoms with E-state index in [1.807, 2.05) is 6.92 Å². The third-order valence-corrected chi connectivity index (χ3v) is 2.63. The number of unbranched alkanes of at least 4 members (excludes halogenated alkanes) is 1. The van der Waals surface area contributed by atoms with Crippen molar-refractivity contribution in [2.75, 3.05) is 11.9 Å². The zero-order chi connectivity index (χ0) is 13.5. The lowest BCUT2D eigenvalue weighted by molar-refractivity contribution is 0.0696. The van der Waals surface area contributed by atoms with Crippen LogP contribution in [0, 0.1) is 6.92 Å². The zero-order valence-corrected chi connectivity index (χ0v) is 10.6. The molecular weight excluding hydrogens is 232 g/mol. The molecule has 0 bridgehead atoms. The Bertz CT molecular complexity index is 444. The van der Waals surface area contributed by atoms with E-state index in [0.29, 0.717) is 17.8 Å². The summed E-state index contributed by atoms with van der Waals surface area (Å²) in [6, 6.07) is 4.49. The summed E-state index contributed by atoms with van der Waals surface area (Å²) < 4.78 is 0. The van der Waals surface area contributed by atoms with Crippen molar-refractivity contribution >= 4 is 17.7 Å². The summed E-state index contributed by atoms with van der Waals surface area (Å²) in [5.41, 5.74) is 1.26. The molecule has 0 aliphatic rings. The van der Waals surface area contributed by atoms with Gasteiger partial charge in [-0.25, -0.2) is 9.59 Å². The Balaban J connectivity index is 2.70. The maximum Gasteiger partial charge on any atom is 0.336 e. The van der Waals surface area contributed by atoms with Crippen LogP contribution in [0.2, 0.25) is 0 Å². The molecule has 0 saturated heterocycles. The van der Waals surface area contributed by atoms with Gasteiger partial charge in [-0.2, -0.15) is 0 Å². The van der Waals surface area contributed by atoms with Crippen molar-refractivity contribution in [3.8, 4) is 0 Å². The molecule has 0 radical (unpaired) electrons. The largest absolute Gasteiger partial charge is 0.478 e. The van der Waals surface area contributed by atoms with Gasteiger partial charge in [0.25, 0.3) is 0 Å². The van der Waals surface area contributed by atoms with Gasteiger partial charge in [-0.3, -0.25) is 0 Å². The van der Waals surface area contributed by atoms with Crippen molar-refractivity contribution in [2.45, 2.75) is 26.7 Å². The van der Waals surface area contributed by atoms with E-state index in [1.54, 1.807) is 19.1 Å². The van der Waals surface area contributed by atoms with Gasteiger partial charge < -0.3 is 15.7 Å². The Morgan fingerprint density at radius 1 is 1.33 bits per heavy atom. The molecule has 0 fully saturated rings. The zero-order valence-electron chi connectivity index (χ0n) is 10.6. The predicted molar refractivity (Wildman–Crippen MR) is 70.1 cm³/mol. The minimum Gasteiger partial charge on any atom is -0.478 e. The quantitative estimate of drug-likeness (QED) is 0.703. The summed E-state index contributed by atoms with van der Waals surface area (Å²) in [6.07, 6.45) is 1.93. The molecule has 0 atom stereocenters. The molecule has 0 heterocycles. The maximum absolute atomic E-state index is 11.6. The van der Waals surface area contributed by atoms with Crippen LogP contribution in [0.4, 0.5) is 10.5 Å². The lowest BCUT2D eigenvalue weighted by Gasteiger charge is -2.11. The fourth-order valence-electron chi connectivity index (χ4n) is 1.55. The molecule has 0 saturated carbocycles. The van der Waals surface area contributed by atoms with E-state index in [9.17, 15) is 9.59 Å². The first-order chi connectivity index (χ1) is 8.56. The van der Waals surface area contributed by atoms with Crippen LogP contribution in [0.25, 0.3) is 0 Å². The molecule has 1 rings (SSSR count). The van der Waals surface area contributed by atoms with Gasteiger partial charge in [0.1, 0.15) is 0 Å². The van der Waals surface area contributed by atoms with E-state index >= 15 is 0 Å². The molecule has 3 N–H and O–H groups in total. The van der Waals surface area contributed by atoms with Gasteiger partial charge in [-0.15, -0.1) is 0 Å². The van der Waals surface area contributed by atoms with Crippen LogP contribution < -0.4 is 10.6 Å². The van der Waals surface area contributed by atoms with Crippen LogP contribution in [0.3, 0.4) is 0 Å². The van der Waals surface area contributed by atoms with Crippen LogP contribution in [0.1, 0.15) is 35.7 Å². The van der Waals surface area contributed by atoms with Gasteiger partial charge in [-0.05, 0) is 31.0 Å². The van der Waals surface area contributed by atoms with Crippen LogP contribution in [0.15, 0.2) is 18.2 Å². The molecule has 0 aliphatic carbocycles. The number of urea groups is 1. The minimum atomic E-state index is -0.998. The number of carboxylic acids is 1. The number of amides is 2. The number of nitrogens with one attached hydrogen (secondary N) is 2. The summed E-state index contributed by atoms with van der Waals surface area (Å²) in [4.78, 5) is 22.5. The maximum atomic E-state index is 11.6. The van der Waals surface area contributed by atoms with E-state index in [0.717, 1.165) is 12.8 Å². The van der Waals surface area contributed by atoms with Crippen LogP contribution in [-0.2, 0) is 0 Å². The second-order valence-electron chi connectivity index (χ2n) is 4.02. The third-order valence-electron chi connectivity index (χ3n) is 2.63. The van der Waals surface area contributed by atoms with E-state index in [2.05, 4.69) is 10.6 Å². The van der Waals surface area contributed by atoms with Gasteiger partial charge in [0.05, 0.1) is 5.56 Å². The summed E-state index contributed by atoms with van der Waals surface area (Å²) in [5.74, 6) is -0.998. The van der Waals surface area contributed by atoms with Crippen molar-refractivity contribution in [3.63, 3.8) is 0 Å². The van der Waals surface area contributed by atoms with E-state index in [4.69, 9.17) is 5.11 Å². The van der Waals surface area contributed by atoms with Gasteiger partial charge in [0.2, 0.25) is 0 Å². The fourth-order valence-corrected chi connectivity index (χ4v) is 1.55. The molecular formula is C13H18N2O3. The van der Waals surface area contributed by atoms with Crippen molar-refractivity contribution in [1.82, 2.24) is 5.32 Å². The van der Waals surface area contributed by atoms with Gasteiger partial charge in [-0.1, -0.05) is 19.4 Å². The van der Waals surface area contributed by atoms with Crippen molar-refractivity contribution in [1.29, 1.82) is 0 Å². The van der Waals surface area contributed by atoms with Crippen molar-refractivity contribution in [2.24, 2.45) is 0 Å². The molecule has 0 spiro atoms. The number of rotatable bonds is 5. The highest BCUT2D eigenvalue weighted by Gasteiger charge is 2.11. The van der Waals surface area contributed by atoms with E-state index in [-0.39, 0.29) is 11.6 Å². The first-order valence-corrected chi connectivity index (χ1v) is 5.94. The minimum absolute atomic E-state index is 0.196. The molecule has 0 aromatic heterocycles. The second kappa shape index (κ2) is 6.64. The molecule has 1 aromatic rings. The van der Waals surface area contributed by atoms with Gasteiger partial charge >= 0.3 is 12.0 Å². The van der Waals surface area contributed by atoms with Crippen LogP contribution in [0.5, 0.6) is 0 Å². The van der Waals surface area contributed by atoms with Crippen LogP contribution in [-0.4, -0.2) is 23.7 Å². The number of aromatic carboxylic acids is 1. The molecule has 1 aromatic carbocycles. The topological polar surface area (TPSA) is 78.4 Å². The molecule has 2 amide bonds. The number of benzene rings is 1. The summed E-state index contributed by atoms with van der Waals surface area (Å²) >= 11 is 0. The normalized spacial score (nSPS) is 9.89. The molecule has 5 nitrogen and oxygen atoms in total. The first kappa shape index (κ1) is 14.0. The van der Waals surface area contributed by atoms with Crippen molar-refractivity contribution in [3.05, 3.63) is 29.3 Å². The first-order valence-electron chi connectivity index (χ1n) is 5.94. The lowest BCUT2D eigenvalue weighted by Crippen LogP contribution is -2.29. The standard InChI is InChI=1S/C13H18N2O3/c1-3-4-8-14-13(18)15-11-7-5-6-10(9(11)2)12(16)17/h5-7H,3-4,8H2,1-2H3,(H,16,17)(H2,14,15,18). The number of hydrogen-bond acceptors (Lipinski definition) is 2. The average Bonchev–Trinajstić information content (AvgIpc) is 2.32. The number of hydrogen-bond donors (Lipinski definition) is 3. The number of carbonyl (C=O) groups is 2. The summed E-state index contributed by atoms with van der Waals surface area (Å²) in [5, 5.41) is 14.3. The van der Waals surface area contributed by atoms with Crippen molar-refractivity contribution < 1.29 is 14.7 Å². The Hall–Kier alpha value is -2.04. The Labute approximate surface area is 106 Å². The lowest BCUT2D eigenvalue weighted by atomic mass is 10.1. The number of anilines is 1. The third kappa shape index (κ3) is 3.76. The van der Waals surface area contributed by atoms with Gasteiger partial charge in [0.15, 0.2) is 0 Å². The monoisotopic (exact) mass is 250 g/mol. The SMILES string of the molecule is CCCCNC(=O)Nc1cccc(C(=O)O)c1C.